The molecule has 0 radical (unpaired) electrons. The van der Waals surface area contributed by atoms with Crippen LogP contribution in [0.5, 0.6) is 0 Å². The molecule has 41 heavy (non-hydrogen) atoms. The molecule has 0 saturated carbocycles. The number of carbonyl (C=O) groups excluding carboxylic acids is 2. The first-order valence-electron chi connectivity index (χ1n) is 18.4. The lowest BCUT2D eigenvalue weighted by atomic mass is 10.1. The summed E-state index contributed by atoms with van der Waals surface area (Å²) in [5.41, 5.74) is 0. The molecule has 0 aromatic carbocycles. The molecule has 0 aromatic rings. The van der Waals surface area contributed by atoms with E-state index in [1.54, 1.807) is 0 Å². The van der Waals surface area contributed by atoms with Crippen molar-refractivity contribution in [3.63, 3.8) is 0 Å². The molecule has 0 spiro atoms. The van der Waals surface area contributed by atoms with Crippen LogP contribution in [0.2, 0.25) is 0 Å². The third kappa shape index (κ3) is 26.3. The highest BCUT2D eigenvalue weighted by atomic mass is 16.2. The molecule has 0 fully saturated rings. The summed E-state index contributed by atoms with van der Waals surface area (Å²) in [5.74, 6) is 0.669. The topological polar surface area (TPSA) is 52.7 Å². The van der Waals surface area contributed by atoms with Gasteiger partial charge < -0.3 is 15.1 Å². The molecule has 5 nitrogen and oxygen atoms in total. The lowest BCUT2D eigenvalue weighted by Crippen LogP contribution is -2.34. The van der Waals surface area contributed by atoms with Crippen LogP contribution >= 0.6 is 0 Å². The summed E-state index contributed by atoms with van der Waals surface area (Å²) >= 11 is 0. The molecular weight excluding hydrogens is 506 g/mol. The zero-order valence-electron chi connectivity index (χ0n) is 28.4. The van der Waals surface area contributed by atoms with E-state index in [-0.39, 0.29) is 0 Å². The zero-order chi connectivity index (χ0) is 30.2. The van der Waals surface area contributed by atoms with Crippen LogP contribution < -0.4 is 5.32 Å². The second-order valence-electron chi connectivity index (χ2n) is 12.4. The van der Waals surface area contributed by atoms with Crippen molar-refractivity contribution in [1.82, 2.24) is 15.1 Å². The van der Waals surface area contributed by atoms with Gasteiger partial charge in [-0.05, 0) is 51.6 Å². The molecule has 1 N–H and O–H groups in total. The van der Waals surface area contributed by atoms with Crippen LogP contribution in [0, 0.1) is 0 Å². The highest BCUT2D eigenvalue weighted by molar-refractivity contribution is 5.76. The van der Waals surface area contributed by atoms with Crippen molar-refractivity contribution in [2.75, 3.05) is 39.3 Å². The van der Waals surface area contributed by atoms with Gasteiger partial charge in [-0.2, -0.15) is 0 Å². The summed E-state index contributed by atoms with van der Waals surface area (Å²) in [6.07, 6.45) is 28.0. The Kier molecular flexibility index (Phi) is 31.0. The molecule has 5 heteroatoms. The van der Waals surface area contributed by atoms with Gasteiger partial charge in [-0.1, -0.05) is 130 Å². The number of carbonyl (C=O) groups is 2. The Morgan fingerprint density at radius 2 is 0.659 bits per heavy atom. The Hall–Kier alpha value is -1.10. The maximum absolute atomic E-state index is 13.0. The third-order valence-electron chi connectivity index (χ3n) is 8.32. The van der Waals surface area contributed by atoms with Crippen LogP contribution in [0.4, 0.5) is 0 Å². The zero-order valence-corrected chi connectivity index (χ0v) is 28.4. The average molecular weight is 580 g/mol. The summed E-state index contributed by atoms with van der Waals surface area (Å²) in [4.78, 5) is 30.2. The second-order valence-corrected chi connectivity index (χ2v) is 12.4. The van der Waals surface area contributed by atoms with Crippen molar-refractivity contribution in [3.8, 4) is 0 Å². The van der Waals surface area contributed by atoms with E-state index in [4.69, 9.17) is 0 Å². The molecule has 0 atom stereocenters. The first-order chi connectivity index (χ1) is 20.1. The minimum Gasteiger partial charge on any atom is -0.343 e. The van der Waals surface area contributed by atoms with E-state index in [1.165, 1.54) is 103 Å². The van der Waals surface area contributed by atoms with Gasteiger partial charge in [0, 0.05) is 39.0 Å². The van der Waals surface area contributed by atoms with E-state index in [2.05, 4.69) is 42.8 Å². The maximum Gasteiger partial charge on any atom is 0.222 e. The summed E-state index contributed by atoms with van der Waals surface area (Å²) in [7, 11) is 0. The van der Waals surface area contributed by atoms with Gasteiger partial charge in [0.25, 0.3) is 0 Å². The van der Waals surface area contributed by atoms with Gasteiger partial charge in [0.15, 0.2) is 0 Å². The van der Waals surface area contributed by atoms with Crippen LogP contribution in [0.1, 0.15) is 182 Å². The summed E-state index contributed by atoms with van der Waals surface area (Å²) in [6.45, 7) is 14.4. The number of unbranched alkanes of at least 4 members (excludes halogenated alkanes) is 16. The third-order valence-corrected chi connectivity index (χ3v) is 8.32. The fourth-order valence-corrected chi connectivity index (χ4v) is 5.52. The fourth-order valence-electron chi connectivity index (χ4n) is 5.52. The van der Waals surface area contributed by atoms with Gasteiger partial charge in [-0.3, -0.25) is 9.59 Å². The lowest BCUT2D eigenvalue weighted by Gasteiger charge is -2.23. The summed E-state index contributed by atoms with van der Waals surface area (Å²) < 4.78 is 0. The molecule has 0 bridgehead atoms. The molecule has 0 aromatic heterocycles. The Morgan fingerprint density at radius 3 is 0.927 bits per heavy atom. The molecular formula is C36H73N3O2. The number of nitrogens with zero attached hydrogens (tertiary/aromatic N) is 2. The maximum atomic E-state index is 13.0. The average Bonchev–Trinajstić information content (AvgIpc) is 2.97. The van der Waals surface area contributed by atoms with Crippen molar-refractivity contribution in [1.29, 1.82) is 0 Å². The van der Waals surface area contributed by atoms with Crippen LogP contribution in [0.15, 0.2) is 0 Å². The van der Waals surface area contributed by atoms with E-state index in [0.717, 1.165) is 77.8 Å². The van der Waals surface area contributed by atoms with Crippen molar-refractivity contribution in [2.45, 2.75) is 182 Å². The molecule has 244 valence electrons. The van der Waals surface area contributed by atoms with Crippen molar-refractivity contribution in [2.24, 2.45) is 0 Å². The Labute approximate surface area is 257 Å². The van der Waals surface area contributed by atoms with Gasteiger partial charge in [-0.15, -0.1) is 0 Å². The standard InChI is InChI=1S/C36H73N3O2/c1-5-9-13-17-21-31-38(32-22-18-14-10-6-2)35(40)27-25-29-37-30-26-28-36(41)39(33-23-19-15-11-7-3)34-24-20-16-12-8-4/h37H,5-34H2,1-4H3. The largest absolute Gasteiger partial charge is 0.343 e. The molecule has 2 amide bonds. The van der Waals surface area contributed by atoms with Gasteiger partial charge in [0.1, 0.15) is 0 Å². The first kappa shape index (κ1) is 39.9. The number of hydrogen-bond donors (Lipinski definition) is 1. The molecule has 0 aliphatic heterocycles. The van der Waals surface area contributed by atoms with Crippen molar-refractivity contribution < 1.29 is 9.59 Å². The van der Waals surface area contributed by atoms with Crippen LogP contribution in [-0.4, -0.2) is 60.9 Å². The van der Waals surface area contributed by atoms with Gasteiger partial charge in [-0.25, -0.2) is 0 Å². The monoisotopic (exact) mass is 580 g/mol. The second kappa shape index (κ2) is 31.8. The molecule has 0 heterocycles. The van der Waals surface area contributed by atoms with Gasteiger partial charge >= 0.3 is 0 Å². The predicted molar refractivity (Wildman–Crippen MR) is 180 cm³/mol. The summed E-state index contributed by atoms with van der Waals surface area (Å²) in [5, 5.41) is 3.50. The molecule has 0 aliphatic rings. The molecule has 0 saturated heterocycles. The molecule has 0 aliphatic carbocycles. The van der Waals surface area contributed by atoms with Crippen LogP contribution in [-0.2, 0) is 9.59 Å². The minimum atomic E-state index is 0.335. The van der Waals surface area contributed by atoms with Crippen molar-refractivity contribution >= 4 is 11.8 Å². The van der Waals surface area contributed by atoms with E-state index in [0.29, 0.717) is 24.7 Å². The molecule has 0 rings (SSSR count). The first-order valence-corrected chi connectivity index (χ1v) is 18.4. The number of amides is 2. The van der Waals surface area contributed by atoms with Gasteiger partial charge in [0.2, 0.25) is 11.8 Å². The fraction of sp³-hybridized carbons (Fsp3) is 0.944. The number of hydrogen-bond acceptors (Lipinski definition) is 3. The lowest BCUT2D eigenvalue weighted by molar-refractivity contribution is -0.132. The SMILES string of the molecule is CCCCCCCN(CCCCCCC)C(=O)CCCNCCCC(=O)N(CCCCCCC)CCCCCCC. The summed E-state index contributed by atoms with van der Waals surface area (Å²) in [6, 6.07) is 0. The van der Waals surface area contributed by atoms with Crippen LogP contribution in [0.3, 0.4) is 0 Å². The highest BCUT2D eigenvalue weighted by Gasteiger charge is 2.14. The Balaban J connectivity index is 4.29. The van der Waals surface area contributed by atoms with E-state index in [9.17, 15) is 9.59 Å². The van der Waals surface area contributed by atoms with Gasteiger partial charge in [0.05, 0.1) is 0 Å². The van der Waals surface area contributed by atoms with E-state index in [1.807, 2.05) is 0 Å². The normalized spacial score (nSPS) is 11.2. The number of nitrogens with one attached hydrogen (secondary N) is 1. The Bertz CT molecular complexity index is 493. The quantitative estimate of drug-likeness (QED) is 0.0807. The highest BCUT2D eigenvalue weighted by Crippen LogP contribution is 2.11. The smallest absolute Gasteiger partial charge is 0.222 e. The number of rotatable bonds is 32. The molecule has 0 unspecified atom stereocenters. The van der Waals surface area contributed by atoms with E-state index >= 15 is 0 Å². The van der Waals surface area contributed by atoms with Crippen LogP contribution in [0.25, 0.3) is 0 Å². The van der Waals surface area contributed by atoms with E-state index < -0.39 is 0 Å². The minimum absolute atomic E-state index is 0.335. The predicted octanol–water partition coefficient (Wildman–Crippen LogP) is 9.68. The van der Waals surface area contributed by atoms with Crippen molar-refractivity contribution in [3.05, 3.63) is 0 Å². The Morgan fingerprint density at radius 1 is 0.390 bits per heavy atom.